The van der Waals surface area contributed by atoms with Gasteiger partial charge in [0.15, 0.2) is 11.5 Å². The van der Waals surface area contributed by atoms with Crippen molar-refractivity contribution in [3.05, 3.63) is 36.8 Å². The van der Waals surface area contributed by atoms with Crippen LogP contribution >= 0.6 is 0 Å². The SMILES string of the molecule is COc1ncc(-c2nc3ccc(N4CCOCC4)cn3n2)c2cc(NC(=O)C3CC3)ncc12. The summed E-state index contributed by atoms with van der Waals surface area (Å²) < 4.78 is 12.7. The summed E-state index contributed by atoms with van der Waals surface area (Å²) in [6.07, 6.45) is 7.21. The maximum atomic E-state index is 12.2. The molecule has 0 radical (unpaired) electrons. The van der Waals surface area contributed by atoms with Crippen molar-refractivity contribution in [2.24, 2.45) is 5.92 Å². The number of nitrogens with one attached hydrogen (secondary N) is 1. The van der Waals surface area contributed by atoms with Crippen LogP contribution in [0.5, 0.6) is 5.88 Å². The van der Waals surface area contributed by atoms with E-state index in [2.05, 4.69) is 26.3 Å². The average molecular weight is 445 g/mol. The number of hydrogen-bond acceptors (Lipinski definition) is 8. The van der Waals surface area contributed by atoms with E-state index in [1.54, 1.807) is 24.0 Å². The largest absolute Gasteiger partial charge is 0.481 e. The molecule has 2 fully saturated rings. The van der Waals surface area contributed by atoms with Gasteiger partial charge in [-0.3, -0.25) is 4.79 Å². The zero-order chi connectivity index (χ0) is 22.4. The van der Waals surface area contributed by atoms with Gasteiger partial charge in [-0.05, 0) is 31.0 Å². The maximum Gasteiger partial charge on any atom is 0.228 e. The summed E-state index contributed by atoms with van der Waals surface area (Å²) in [5.41, 5.74) is 2.56. The predicted molar refractivity (Wildman–Crippen MR) is 122 cm³/mol. The molecule has 1 saturated carbocycles. The molecular formula is C23H23N7O3. The fourth-order valence-corrected chi connectivity index (χ4v) is 4.09. The fourth-order valence-electron chi connectivity index (χ4n) is 4.09. The molecule has 6 rings (SSSR count). The highest BCUT2D eigenvalue weighted by Gasteiger charge is 2.30. The molecule has 1 aliphatic carbocycles. The van der Waals surface area contributed by atoms with Crippen molar-refractivity contribution in [2.45, 2.75) is 12.8 Å². The van der Waals surface area contributed by atoms with Gasteiger partial charge in [-0.25, -0.2) is 19.5 Å². The minimum atomic E-state index is 0.00548. The van der Waals surface area contributed by atoms with E-state index in [1.807, 2.05) is 18.3 Å². The molecule has 1 saturated heterocycles. The zero-order valence-electron chi connectivity index (χ0n) is 18.2. The molecule has 33 heavy (non-hydrogen) atoms. The first kappa shape index (κ1) is 19.9. The van der Waals surface area contributed by atoms with Crippen molar-refractivity contribution in [1.82, 2.24) is 24.6 Å². The molecule has 0 bridgehead atoms. The van der Waals surface area contributed by atoms with Gasteiger partial charge in [0.05, 0.1) is 37.6 Å². The standard InChI is InChI=1S/C23H23N7O3/c1-32-23-18-12-24-19(26-22(31)14-2-3-14)10-16(18)17(11-25-23)21-27-20-5-4-15(13-30(20)28-21)29-6-8-33-9-7-29/h4-5,10-14H,2-3,6-9H2,1H3,(H,24,26,31). The lowest BCUT2D eigenvalue weighted by Crippen LogP contribution is -2.36. The summed E-state index contributed by atoms with van der Waals surface area (Å²) in [5.74, 6) is 1.59. The monoisotopic (exact) mass is 445 g/mol. The van der Waals surface area contributed by atoms with Crippen LogP contribution in [0.3, 0.4) is 0 Å². The minimum absolute atomic E-state index is 0.00548. The first-order chi connectivity index (χ1) is 16.2. The topological polar surface area (TPSA) is 107 Å². The van der Waals surface area contributed by atoms with Crippen LogP contribution in [-0.2, 0) is 9.53 Å². The van der Waals surface area contributed by atoms with Gasteiger partial charge in [-0.15, -0.1) is 5.10 Å². The Labute approximate surface area is 189 Å². The van der Waals surface area contributed by atoms with E-state index < -0.39 is 0 Å². The Morgan fingerprint density at radius 2 is 2.00 bits per heavy atom. The number of aromatic nitrogens is 5. The first-order valence-corrected chi connectivity index (χ1v) is 11.0. The smallest absolute Gasteiger partial charge is 0.228 e. The third-order valence-corrected chi connectivity index (χ3v) is 6.06. The summed E-state index contributed by atoms with van der Waals surface area (Å²) in [6.45, 7) is 3.14. The van der Waals surface area contributed by atoms with Crippen molar-refractivity contribution in [3.63, 3.8) is 0 Å². The molecule has 4 aromatic rings. The van der Waals surface area contributed by atoms with Gasteiger partial charge < -0.3 is 19.7 Å². The molecule has 0 unspecified atom stereocenters. The van der Waals surface area contributed by atoms with Crippen LogP contribution < -0.4 is 15.0 Å². The Morgan fingerprint density at radius 1 is 1.15 bits per heavy atom. The number of hydrogen-bond donors (Lipinski definition) is 1. The molecule has 1 N–H and O–H groups in total. The van der Waals surface area contributed by atoms with Crippen LogP contribution in [-0.4, -0.2) is 63.9 Å². The second-order valence-corrected chi connectivity index (χ2v) is 8.28. The Bertz CT molecular complexity index is 1360. The molecule has 10 heteroatoms. The van der Waals surface area contributed by atoms with Gasteiger partial charge in [0.25, 0.3) is 0 Å². The number of carbonyl (C=O) groups excluding carboxylic acids is 1. The second kappa shape index (κ2) is 7.96. The lowest BCUT2D eigenvalue weighted by Gasteiger charge is -2.28. The van der Waals surface area contributed by atoms with E-state index in [4.69, 9.17) is 19.6 Å². The Morgan fingerprint density at radius 3 is 2.79 bits per heavy atom. The predicted octanol–water partition coefficient (Wildman–Crippen LogP) is 2.53. The van der Waals surface area contributed by atoms with E-state index in [-0.39, 0.29) is 11.8 Å². The number of fused-ring (bicyclic) bond motifs is 2. The van der Waals surface area contributed by atoms with Crippen LogP contribution in [0.25, 0.3) is 27.8 Å². The summed E-state index contributed by atoms with van der Waals surface area (Å²) in [5, 5.41) is 9.18. The highest BCUT2D eigenvalue weighted by molar-refractivity contribution is 6.01. The number of anilines is 2. The highest BCUT2D eigenvalue weighted by atomic mass is 16.5. The van der Waals surface area contributed by atoms with Gasteiger partial charge in [-0.2, -0.15) is 0 Å². The van der Waals surface area contributed by atoms with E-state index in [0.717, 1.165) is 66.8 Å². The van der Waals surface area contributed by atoms with E-state index in [0.29, 0.717) is 17.5 Å². The maximum absolute atomic E-state index is 12.2. The Balaban J connectivity index is 1.41. The molecule has 168 valence electrons. The third-order valence-electron chi connectivity index (χ3n) is 6.06. The van der Waals surface area contributed by atoms with Crippen molar-refractivity contribution in [1.29, 1.82) is 0 Å². The van der Waals surface area contributed by atoms with Gasteiger partial charge >= 0.3 is 0 Å². The fraction of sp³-hybridized carbons (Fsp3) is 0.348. The number of ether oxygens (including phenoxy) is 2. The lowest BCUT2D eigenvalue weighted by molar-refractivity contribution is -0.117. The Kier molecular flexibility index (Phi) is 4.79. The summed E-state index contributed by atoms with van der Waals surface area (Å²) in [4.78, 5) is 28.1. The van der Waals surface area contributed by atoms with Crippen molar-refractivity contribution < 1.29 is 14.3 Å². The normalized spacial score (nSPS) is 16.3. The van der Waals surface area contributed by atoms with Gasteiger partial charge in [-0.1, -0.05) is 0 Å². The van der Waals surface area contributed by atoms with Crippen LogP contribution in [0.2, 0.25) is 0 Å². The molecule has 0 aromatic carbocycles. The minimum Gasteiger partial charge on any atom is -0.481 e. The molecular weight excluding hydrogens is 422 g/mol. The quantitative estimate of drug-likeness (QED) is 0.500. The number of carbonyl (C=O) groups is 1. The number of amides is 1. The Hall–Kier alpha value is -3.79. The van der Waals surface area contributed by atoms with E-state index in [9.17, 15) is 4.79 Å². The summed E-state index contributed by atoms with van der Waals surface area (Å²) in [7, 11) is 1.57. The number of methoxy groups -OCH3 is 1. The third kappa shape index (κ3) is 3.72. The van der Waals surface area contributed by atoms with Crippen LogP contribution in [0.4, 0.5) is 11.5 Å². The first-order valence-electron chi connectivity index (χ1n) is 11.0. The molecule has 2 aliphatic rings. The summed E-state index contributed by atoms with van der Waals surface area (Å²) >= 11 is 0. The van der Waals surface area contributed by atoms with E-state index >= 15 is 0 Å². The number of rotatable bonds is 5. The van der Waals surface area contributed by atoms with Crippen molar-refractivity contribution in [3.8, 4) is 17.3 Å². The van der Waals surface area contributed by atoms with Crippen LogP contribution in [0, 0.1) is 5.92 Å². The molecule has 5 heterocycles. The van der Waals surface area contributed by atoms with Crippen molar-refractivity contribution in [2.75, 3.05) is 43.6 Å². The van der Waals surface area contributed by atoms with Gasteiger partial charge in [0, 0.05) is 42.4 Å². The van der Waals surface area contributed by atoms with Crippen molar-refractivity contribution >= 4 is 33.8 Å². The molecule has 0 spiro atoms. The van der Waals surface area contributed by atoms with Crippen LogP contribution in [0.15, 0.2) is 36.8 Å². The molecule has 10 nitrogen and oxygen atoms in total. The van der Waals surface area contributed by atoms with Crippen LogP contribution in [0.1, 0.15) is 12.8 Å². The number of nitrogens with zero attached hydrogens (tertiary/aromatic N) is 6. The zero-order valence-corrected chi connectivity index (χ0v) is 18.2. The molecule has 1 aliphatic heterocycles. The number of pyridine rings is 3. The molecule has 1 amide bonds. The summed E-state index contributed by atoms with van der Waals surface area (Å²) in [6, 6.07) is 5.85. The molecule has 4 aromatic heterocycles. The number of morpholine rings is 1. The lowest BCUT2D eigenvalue weighted by atomic mass is 10.1. The highest BCUT2D eigenvalue weighted by Crippen LogP contribution is 2.34. The molecule has 0 atom stereocenters. The van der Waals surface area contributed by atoms with Gasteiger partial charge in [0.1, 0.15) is 5.82 Å². The van der Waals surface area contributed by atoms with E-state index in [1.165, 1.54) is 0 Å². The average Bonchev–Trinajstić information content (AvgIpc) is 3.62. The second-order valence-electron chi connectivity index (χ2n) is 8.28. The van der Waals surface area contributed by atoms with Gasteiger partial charge in [0.2, 0.25) is 11.8 Å².